The lowest BCUT2D eigenvalue weighted by Gasteiger charge is -2.06. The number of hydrogen-bond acceptors (Lipinski definition) is 4. The molecule has 46 heavy (non-hydrogen) atoms. The van der Waals surface area contributed by atoms with Gasteiger partial charge in [0.2, 0.25) is 0 Å². The Balaban J connectivity index is 0. The smallest absolute Gasteiger partial charge is 0.305 e. The summed E-state index contributed by atoms with van der Waals surface area (Å²) in [5.74, 6) is -0.0841. The van der Waals surface area contributed by atoms with Gasteiger partial charge < -0.3 is 14.8 Å². The van der Waals surface area contributed by atoms with Crippen LogP contribution in [0.5, 0.6) is 0 Å². The number of esters is 2. The molecule has 0 fully saturated rings. The number of quaternary nitrogens is 1. The van der Waals surface area contributed by atoms with Crippen LogP contribution >= 0.6 is 0 Å². The van der Waals surface area contributed by atoms with Crippen LogP contribution in [0.15, 0.2) is 0 Å². The van der Waals surface area contributed by atoms with Gasteiger partial charge in [0.1, 0.15) is 0 Å². The van der Waals surface area contributed by atoms with Crippen molar-refractivity contribution in [1.82, 2.24) is 0 Å². The van der Waals surface area contributed by atoms with Gasteiger partial charge in [-0.05, 0) is 12.8 Å². The molecule has 0 atom stereocenters. The standard InChI is InChI=1S/C40H79NO4.CH4/c1-3-5-7-9-11-13-15-17-18-20-22-24-26-28-30-34-40(43)45-38-32-36-41-35-31-37-44-39(42)33-29-27-25-23-21-19-16-14-12-10-8-6-4-2;/h41H,3-38H2,1-2H3;1H4/p+1. The molecule has 0 saturated heterocycles. The van der Waals surface area contributed by atoms with Crippen molar-refractivity contribution in [3.8, 4) is 0 Å². The Bertz CT molecular complexity index is 597. The second-order valence-electron chi connectivity index (χ2n) is 13.7. The van der Waals surface area contributed by atoms with Crippen LogP contribution in [0.4, 0.5) is 0 Å². The van der Waals surface area contributed by atoms with Gasteiger partial charge in [0.25, 0.3) is 0 Å². The highest BCUT2D eigenvalue weighted by molar-refractivity contribution is 5.69. The monoisotopic (exact) mass is 655 g/mol. The van der Waals surface area contributed by atoms with Gasteiger partial charge in [-0.2, -0.15) is 0 Å². The summed E-state index contributed by atoms with van der Waals surface area (Å²) in [7, 11) is 0. The minimum atomic E-state index is -0.0425. The van der Waals surface area contributed by atoms with Gasteiger partial charge in [0, 0.05) is 25.7 Å². The molecule has 0 bridgehead atoms. The van der Waals surface area contributed by atoms with E-state index in [1.807, 2.05) is 0 Å². The fraction of sp³-hybridized carbons (Fsp3) is 0.951. The molecular weight excluding hydrogens is 570 g/mol. The van der Waals surface area contributed by atoms with Crippen molar-refractivity contribution in [2.45, 2.75) is 227 Å². The van der Waals surface area contributed by atoms with E-state index in [1.165, 1.54) is 154 Å². The normalized spacial score (nSPS) is 11.0. The Morgan fingerprint density at radius 1 is 0.370 bits per heavy atom. The zero-order valence-electron chi connectivity index (χ0n) is 30.7. The molecule has 276 valence electrons. The third-order valence-corrected chi connectivity index (χ3v) is 9.10. The van der Waals surface area contributed by atoms with Gasteiger partial charge >= 0.3 is 11.9 Å². The summed E-state index contributed by atoms with van der Waals surface area (Å²) < 4.78 is 10.8. The van der Waals surface area contributed by atoms with Crippen LogP contribution < -0.4 is 5.32 Å². The number of ether oxygens (including phenoxy) is 2. The van der Waals surface area contributed by atoms with Crippen LogP contribution in [0.1, 0.15) is 227 Å². The first kappa shape index (κ1) is 47.0. The zero-order valence-corrected chi connectivity index (χ0v) is 30.7. The second-order valence-corrected chi connectivity index (χ2v) is 13.7. The predicted octanol–water partition coefficient (Wildman–Crippen LogP) is 11.8. The zero-order chi connectivity index (χ0) is 32.7. The van der Waals surface area contributed by atoms with E-state index in [-0.39, 0.29) is 19.4 Å². The van der Waals surface area contributed by atoms with Crippen molar-refractivity contribution < 1.29 is 24.4 Å². The SMILES string of the molecule is C.CCCCCCCCCCCCCCCCCC(=O)OCCC[NH2+]CCCOC(=O)CCCCCCCCCCCCCCC. The van der Waals surface area contributed by atoms with Gasteiger partial charge in [0.15, 0.2) is 0 Å². The summed E-state index contributed by atoms with van der Waals surface area (Å²) in [4.78, 5) is 23.9. The van der Waals surface area contributed by atoms with Crippen LogP contribution in [0, 0.1) is 0 Å². The van der Waals surface area contributed by atoms with Crippen molar-refractivity contribution in [2.24, 2.45) is 0 Å². The maximum Gasteiger partial charge on any atom is 0.305 e. The van der Waals surface area contributed by atoms with Gasteiger partial charge in [-0.25, -0.2) is 0 Å². The van der Waals surface area contributed by atoms with E-state index >= 15 is 0 Å². The maximum absolute atomic E-state index is 11.9. The van der Waals surface area contributed by atoms with E-state index in [2.05, 4.69) is 19.2 Å². The Morgan fingerprint density at radius 2 is 0.609 bits per heavy atom. The molecule has 0 amide bonds. The molecule has 0 aliphatic carbocycles. The molecule has 0 saturated carbocycles. The molecule has 0 aliphatic rings. The number of carbonyl (C=O) groups excluding carboxylic acids is 2. The fourth-order valence-corrected chi connectivity index (χ4v) is 6.04. The van der Waals surface area contributed by atoms with E-state index in [0.717, 1.165) is 51.6 Å². The predicted molar refractivity (Wildman–Crippen MR) is 199 cm³/mol. The third-order valence-electron chi connectivity index (χ3n) is 9.10. The molecule has 0 aromatic rings. The van der Waals surface area contributed by atoms with E-state index in [0.29, 0.717) is 26.1 Å². The molecule has 5 nitrogen and oxygen atoms in total. The highest BCUT2D eigenvalue weighted by Crippen LogP contribution is 2.15. The van der Waals surface area contributed by atoms with E-state index in [9.17, 15) is 9.59 Å². The molecule has 0 rings (SSSR count). The highest BCUT2D eigenvalue weighted by atomic mass is 16.5. The first-order chi connectivity index (χ1) is 22.2. The van der Waals surface area contributed by atoms with E-state index < -0.39 is 0 Å². The Labute approximate surface area is 288 Å². The number of unbranched alkanes of at least 4 members (excludes halogenated alkanes) is 26. The average Bonchev–Trinajstić information content (AvgIpc) is 3.04. The number of carbonyl (C=O) groups is 2. The molecule has 0 aliphatic heterocycles. The summed E-state index contributed by atoms with van der Waals surface area (Å²) in [6.07, 6.45) is 40.1. The summed E-state index contributed by atoms with van der Waals surface area (Å²) in [5, 5.41) is 2.22. The number of hydrogen-bond donors (Lipinski definition) is 1. The minimum absolute atomic E-state index is 0. The lowest BCUT2D eigenvalue weighted by molar-refractivity contribution is -0.655. The Morgan fingerprint density at radius 3 is 0.870 bits per heavy atom. The van der Waals surface area contributed by atoms with Crippen LogP contribution in [-0.2, 0) is 19.1 Å². The van der Waals surface area contributed by atoms with Crippen molar-refractivity contribution in [2.75, 3.05) is 26.3 Å². The maximum atomic E-state index is 11.9. The molecule has 2 N–H and O–H groups in total. The lowest BCUT2D eigenvalue weighted by Crippen LogP contribution is -2.84. The van der Waals surface area contributed by atoms with Crippen molar-refractivity contribution in [3.63, 3.8) is 0 Å². The quantitative estimate of drug-likeness (QED) is 0.0531. The fourth-order valence-electron chi connectivity index (χ4n) is 6.04. The molecule has 0 radical (unpaired) electrons. The highest BCUT2D eigenvalue weighted by Gasteiger charge is 2.05. The average molecular weight is 655 g/mol. The van der Waals surface area contributed by atoms with Crippen molar-refractivity contribution >= 4 is 11.9 Å². The summed E-state index contributed by atoms with van der Waals surface area (Å²) in [6.45, 7) is 7.47. The first-order valence-corrected chi connectivity index (χ1v) is 20.3. The van der Waals surface area contributed by atoms with Crippen LogP contribution in [-0.4, -0.2) is 38.2 Å². The summed E-state index contributed by atoms with van der Waals surface area (Å²) in [5.41, 5.74) is 0. The number of rotatable bonds is 38. The first-order valence-electron chi connectivity index (χ1n) is 20.3. The molecule has 0 unspecified atom stereocenters. The molecule has 0 spiro atoms. The third kappa shape index (κ3) is 40.9. The minimum Gasteiger partial charge on any atom is -0.465 e. The lowest BCUT2D eigenvalue weighted by atomic mass is 10.0. The second kappa shape index (κ2) is 41.9. The van der Waals surface area contributed by atoms with E-state index in [1.54, 1.807) is 0 Å². The summed E-state index contributed by atoms with van der Waals surface area (Å²) in [6, 6.07) is 0. The largest absolute Gasteiger partial charge is 0.465 e. The molecule has 0 heterocycles. The van der Waals surface area contributed by atoms with Gasteiger partial charge in [-0.1, -0.05) is 188 Å². The van der Waals surface area contributed by atoms with Crippen LogP contribution in [0.25, 0.3) is 0 Å². The van der Waals surface area contributed by atoms with Gasteiger partial charge in [0.05, 0.1) is 26.3 Å². The molecule has 0 aromatic carbocycles. The van der Waals surface area contributed by atoms with Gasteiger partial charge in [-0.15, -0.1) is 0 Å². The Kier molecular flexibility index (Phi) is 42.9. The van der Waals surface area contributed by atoms with Crippen molar-refractivity contribution in [1.29, 1.82) is 0 Å². The molecule has 0 aromatic heterocycles. The molecular formula is C41H84NO4+. The van der Waals surface area contributed by atoms with E-state index in [4.69, 9.17) is 9.47 Å². The topological polar surface area (TPSA) is 69.2 Å². The van der Waals surface area contributed by atoms with Crippen LogP contribution in [0.2, 0.25) is 0 Å². The number of nitrogens with two attached hydrogens (primary N) is 1. The summed E-state index contributed by atoms with van der Waals surface area (Å²) >= 11 is 0. The Hall–Kier alpha value is -1.10. The molecule has 5 heteroatoms. The van der Waals surface area contributed by atoms with Crippen molar-refractivity contribution in [3.05, 3.63) is 0 Å². The van der Waals surface area contributed by atoms with Crippen LogP contribution in [0.3, 0.4) is 0 Å². The van der Waals surface area contributed by atoms with Gasteiger partial charge in [-0.3, -0.25) is 9.59 Å².